The number of carbonyl (C=O) groups excluding carboxylic acids is 1. The van der Waals surface area contributed by atoms with E-state index in [0.717, 1.165) is 27.5 Å². The number of nitrogens with zero attached hydrogens (tertiary/aromatic N) is 1. The Balaban J connectivity index is 1.70. The van der Waals surface area contributed by atoms with E-state index >= 15 is 0 Å². The van der Waals surface area contributed by atoms with Gasteiger partial charge in [-0.05, 0) is 30.5 Å². The topological polar surface area (TPSA) is 48.4 Å². The molecule has 4 heteroatoms. The lowest BCUT2D eigenvalue weighted by molar-refractivity contribution is -0.138. The van der Waals surface area contributed by atoms with Crippen molar-refractivity contribution in [3.8, 4) is 5.75 Å². The summed E-state index contributed by atoms with van der Waals surface area (Å²) in [7, 11) is 1.61. The quantitative estimate of drug-likeness (QED) is 0.516. The highest BCUT2D eigenvalue weighted by Gasteiger charge is 2.05. The number of esters is 1. The number of carbonyl (C=O) groups is 1. The van der Waals surface area contributed by atoms with Gasteiger partial charge in [-0.15, -0.1) is 0 Å². The predicted octanol–water partition coefficient (Wildman–Crippen LogP) is 4.31. The molecule has 0 aliphatic carbocycles. The first-order valence-corrected chi connectivity index (χ1v) is 7.98. The second kappa shape index (κ2) is 7.62. The normalized spacial score (nSPS) is 11.0. The smallest absolute Gasteiger partial charge is 0.331 e. The van der Waals surface area contributed by atoms with Crippen LogP contribution in [0.25, 0.3) is 16.8 Å². The molecule has 4 nitrogen and oxygen atoms in total. The molecule has 0 N–H and O–H groups in total. The zero-order valence-corrected chi connectivity index (χ0v) is 14.2. The Kier molecular flexibility index (Phi) is 5.09. The summed E-state index contributed by atoms with van der Waals surface area (Å²) in [5, 5.41) is 2.06. The number of pyridine rings is 1. The van der Waals surface area contributed by atoms with Crippen LogP contribution >= 0.6 is 0 Å². The van der Waals surface area contributed by atoms with Crippen LogP contribution in [0.2, 0.25) is 0 Å². The molecule has 0 aliphatic heterocycles. The fourth-order valence-corrected chi connectivity index (χ4v) is 2.63. The molecule has 3 aromatic rings. The maximum Gasteiger partial charge on any atom is 0.331 e. The lowest BCUT2D eigenvalue weighted by atomic mass is 10.1. The average molecular weight is 333 g/mol. The van der Waals surface area contributed by atoms with E-state index < -0.39 is 5.97 Å². The van der Waals surface area contributed by atoms with Crippen LogP contribution in [-0.2, 0) is 16.1 Å². The Morgan fingerprint density at radius 1 is 1.16 bits per heavy atom. The van der Waals surface area contributed by atoms with E-state index in [0.29, 0.717) is 5.75 Å². The van der Waals surface area contributed by atoms with Crippen molar-refractivity contribution in [1.29, 1.82) is 0 Å². The molecule has 2 aromatic carbocycles. The van der Waals surface area contributed by atoms with E-state index in [1.54, 1.807) is 25.6 Å². The van der Waals surface area contributed by atoms with Crippen molar-refractivity contribution in [1.82, 2.24) is 4.98 Å². The van der Waals surface area contributed by atoms with Gasteiger partial charge in [-0.25, -0.2) is 4.79 Å². The summed E-state index contributed by atoms with van der Waals surface area (Å²) in [5.74, 6) is 0.310. The monoisotopic (exact) mass is 333 g/mol. The molecule has 0 spiro atoms. The molecule has 0 saturated heterocycles. The predicted molar refractivity (Wildman–Crippen MR) is 98.3 cm³/mol. The molecular formula is C21H19NO3. The third-order valence-electron chi connectivity index (χ3n) is 3.90. The van der Waals surface area contributed by atoms with Gasteiger partial charge < -0.3 is 9.47 Å². The van der Waals surface area contributed by atoms with Crippen LogP contribution in [0.1, 0.15) is 16.7 Å². The number of methoxy groups -OCH3 is 1. The number of hydrogen-bond donors (Lipinski definition) is 0. The van der Waals surface area contributed by atoms with E-state index in [1.807, 2.05) is 49.4 Å². The Hall–Kier alpha value is -3.14. The standard InChI is InChI=1S/C21H19NO3/c1-15-7-9-20(24-2)16(11-15)8-10-21(23)25-14-18-13-22-12-17-5-3-4-6-19(17)18/h3-13H,14H2,1-2H3/b10-8+. The van der Waals surface area contributed by atoms with Crippen LogP contribution in [0.5, 0.6) is 5.75 Å². The van der Waals surface area contributed by atoms with Gasteiger partial charge in [-0.2, -0.15) is 0 Å². The van der Waals surface area contributed by atoms with Gasteiger partial charge in [0.2, 0.25) is 0 Å². The summed E-state index contributed by atoms with van der Waals surface area (Å²) in [4.78, 5) is 16.2. The van der Waals surface area contributed by atoms with Crippen LogP contribution in [0.3, 0.4) is 0 Å². The van der Waals surface area contributed by atoms with Gasteiger partial charge in [0, 0.05) is 35.0 Å². The minimum Gasteiger partial charge on any atom is -0.496 e. The second-order valence-electron chi connectivity index (χ2n) is 5.71. The van der Waals surface area contributed by atoms with Crippen LogP contribution < -0.4 is 4.74 Å². The molecule has 0 atom stereocenters. The van der Waals surface area contributed by atoms with Crippen LogP contribution in [0.15, 0.2) is 60.9 Å². The number of aromatic nitrogens is 1. The van der Waals surface area contributed by atoms with Gasteiger partial charge in [0.25, 0.3) is 0 Å². The molecule has 0 radical (unpaired) electrons. The Labute approximate surface area is 146 Å². The fraction of sp³-hybridized carbons (Fsp3) is 0.143. The first-order chi connectivity index (χ1) is 12.2. The second-order valence-corrected chi connectivity index (χ2v) is 5.71. The summed E-state index contributed by atoms with van der Waals surface area (Å²) in [6, 6.07) is 13.7. The van der Waals surface area contributed by atoms with Crippen LogP contribution in [0, 0.1) is 6.92 Å². The van der Waals surface area contributed by atoms with Crippen molar-refractivity contribution in [2.45, 2.75) is 13.5 Å². The SMILES string of the molecule is COc1ccc(C)cc1/C=C/C(=O)OCc1cncc2ccccc12. The molecule has 3 rings (SSSR count). The van der Waals surface area contributed by atoms with Gasteiger partial charge in [0.15, 0.2) is 0 Å². The van der Waals surface area contributed by atoms with Gasteiger partial charge in [-0.1, -0.05) is 35.9 Å². The fourth-order valence-electron chi connectivity index (χ4n) is 2.63. The third-order valence-corrected chi connectivity index (χ3v) is 3.90. The largest absolute Gasteiger partial charge is 0.496 e. The van der Waals surface area contributed by atoms with Gasteiger partial charge >= 0.3 is 5.97 Å². The molecule has 1 heterocycles. The lowest BCUT2D eigenvalue weighted by Crippen LogP contribution is -2.01. The van der Waals surface area contributed by atoms with E-state index in [9.17, 15) is 4.79 Å². The summed E-state index contributed by atoms with van der Waals surface area (Å²) < 4.78 is 10.7. The molecule has 0 aliphatic rings. The minimum absolute atomic E-state index is 0.183. The third kappa shape index (κ3) is 4.04. The zero-order valence-electron chi connectivity index (χ0n) is 14.2. The van der Waals surface area contributed by atoms with E-state index in [-0.39, 0.29) is 6.61 Å². The highest BCUT2D eigenvalue weighted by atomic mass is 16.5. The summed E-state index contributed by atoms with van der Waals surface area (Å²) in [5.41, 5.74) is 2.81. The Bertz CT molecular complexity index is 926. The van der Waals surface area contributed by atoms with Gasteiger partial charge in [0.1, 0.15) is 12.4 Å². The molecule has 0 fully saturated rings. The molecule has 0 unspecified atom stereocenters. The van der Waals surface area contributed by atoms with E-state index in [1.165, 1.54) is 6.08 Å². The van der Waals surface area contributed by atoms with E-state index in [4.69, 9.17) is 9.47 Å². The van der Waals surface area contributed by atoms with Crippen molar-refractivity contribution >= 4 is 22.8 Å². The first-order valence-electron chi connectivity index (χ1n) is 7.98. The highest BCUT2D eigenvalue weighted by molar-refractivity contribution is 5.88. The number of benzene rings is 2. The van der Waals surface area contributed by atoms with E-state index in [2.05, 4.69) is 4.98 Å². The van der Waals surface area contributed by atoms with Gasteiger partial charge in [0.05, 0.1) is 7.11 Å². The Morgan fingerprint density at radius 3 is 2.84 bits per heavy atom. The van der Waals surface area contributed by atoms with Crippen molar-refractivity contribution in [2.75, 3.05) is 7.11 Å². The minimum atomic E-state index is -0.406. The number of fused-ring (bicyclic) bond motifs is 1. The van der Waals surface area contributed by atoms with Crippen molar-refractivity contribution in [3.63, 3.8) is 0 Å². The molecule has 0 saturated carbocycles. The molecule has 0 amide bonds. The maximum absolute atomic E-state index is 12.0. The maximum atomic E-state index is 12.0. The van der Waals surface area contributed by atoms with Gasteiger partial charge in [-0.3, -0.25) is 4.98 Å². The highest BCUT2D eigenvalue weighted by Crippen LogP contribution is 2.21. The molecular weight excluding hydrogens is 314 g/mol. The summed E-state index contributed by atoms with van der Waals surface area (Å²) >= 11 is 0. The number of hydrogen-bond acceptors (Lipinski definition) is 4. The summed E-state index contributed by atoms with van der Waals surface area (Å²) in [6.45, 7) is 2.17. The van der Waals surface area contributed by atoms with Crippen molar-refractivity contribution < 1.29 is 14.3 Å². The summed E-state index contributed by atoms with van der Waals surface area (Å²) in [6.07, 6.45) is 6.64. The molecule has 1 aromatic heterocycles. The van der Waals surface area contributed by atoms with Crippen LogP contribution in [-0.4, -0.2) is 18.1 Å². The number of rotatable bonds is 5. The average Bonchev–Trinajstić information content (AvgIpc) is 2.64. The number of aryl methyl sites for hydroxylation is 1. The lowest BCUT2D eigenvalue weighted by Gasteiger charge is -2.07. The molecule has 0 bridgehead atoms. The zero-order chi connectivity index (χ0) is 17.6. The Morgan fingerprint density at radius 2 is 2.00 bits per heavy atom. The van der Waals surface area contributed by atoms with Crippen molar-refractivity contribution in [2.24, 2.45) is 0 Å². The molecule has 25 heavy (non-hydrogen) atoms. The number of ether oxygens (including phenoxy) is 2. The van der Waals surface area contributed by atoms with Crippen LogP contribution in [0.4, 0.5) is 0 Å². The van der Waals surface area contributed by atoms with Crippen molar-refractivity contribution in [3.05, 3.63) is 77.6 Å². The molecule has 126 valence electrons. The first kappa shape index (κ1) is 16.7.